The highest BCUT2D eigenvalue weighted by Crippen LogP contribution is 2.32. The van der Waals surface area contributed by atoms with E-state index in [1.165, 1.54) is 13.2 Å². The van der Waals surface area contributed by atoms with Crippen LogP contribution in [0.5, 0.6) is 5.75 Å². The van der Waals surface area contributed by atoms with E-state index < -0.39 is 10.0 Å². The highest BCUT2D eigenvalue weighted by Gasteiger charge is 2.23. The molecule has 0 aliphatic heterocycles. The molecule has 2 aromatic rings. The van der Waals surface area contributed by atoms with Crippen molar-refractivity contribution in [2.24, 2.45) is 0 Å². The summed E-state index contributed by atoms with van der Waals surface area (Å²) in [6, 6.07) is 6.79. The van der Waals surface area contributed by atoms with Gasteiger partial charge in [-0.15, -0.1) is 0 Å². The number of rotatable bonds is 4. The van der Waals surface area contributed by atoms with Crippen LogP contribution in [0.2, 0.25) is 5.02 Å². The first kappa shape index (κ1) is 17.6. The molecule has 0 bridgehead atoms. The number of sulfonamides is 1. The third-order valence-corrected chi connectivity index (χ3v) is 5.85. The lowest BCUT2D eigenvalue weighted by molar-refractivity contribution is 0.417. The lowest BCUT2D eigenvalue weighted by atomic mass is 10.0. The molecule has 0 unspecified atom stereocenters. The average Bonchev–Trinajstić information content (AvgIpc) is 2.45. The fraction of sp³-hybridized carbons (Fsp3) is 0.294. The van der Waals surface area contributed by atoms with Crippen molar-refractivity contribution in [3.05, 3.63) is 51.5 Å². The summed E-state index contributed by atoms with van der Waals surface area (Å²) >= 11 is 5.97. The number of benzene rings is 2. The molecule has 0 saturated carbocycles. The second-order valence-corrected chi connectivity index (χ2v) is 7.60. The van der Waals surface area contributed by atoms with Gasteiger partial charge in [0.15, 0.2) is 0 Å². The van der Waals surface area contributed by atoms with Crippen molar-refractivity contribution in [2.45, 2.75) is 32.6 Å². The molecule has 4 nitrogen and oxygen atoms in total. The van der Waals surface area contributed by atoms with Gasteiger partial charge in [0.05, 0.1) is 17.7 Å². The van der Waals surface area contributed by atoms with Crippen molar-refractivity contribution in [1.29, 1.82) is 0 Å². The van der Waals surface area contributed by atoms with Gasteiger partial charge in [0.2, 0.25) is 0 Å². The number of ether oxygens (including phenoxy) is 1. The number of halogens is 1. The van der Waals surface area contributed by atoms with Crippen LogP contribution in [0.3, 0.4) is 0 Å². The van der Waals surface area contributed by atoms with E-state index >= 15 is 0 Å². The van der Waals surface area contributed by atoms with E-state index in [9.17, 15) is 8.42 Å². The summed E-state index contributed by atoms with van der Waals surface area (Å²) in [5, 5.41) is 0.428. The van der Waals surface area contributed by atoms with Crippen LogP contribution in [-0.2, 0) is 10.0 Å². The minimum absolute atomic E-state index is 0.303. The predicted octanol–water partition coefficient (Wildman–Crippen LogP) is 4.38. The number of hydrogen-bond donors (Lipinski definition) is 1. The van der Waals surface area contributed by atoms with E-state index in [2.05, 4.69) is 4.72 Å². The third-order valence-electron chi connectivity index (χ3n) is 3.97. The molecule has 0 amide bonds. The Labute approximate surface area is 142 Å². The number of aryl methyl sites for hydroxylation is 2. The van der Waals surface area contributed by atoms with Crippen LogP contribution in [0.15, 0.2) is 29.2 Å². The van der Waals surface area contributed by atoms with Crippen LogP contribution < -0.4 is 9.46 Å². The van der Waals surface area contributed by atoms with Gasteiger partial charge in [-0.25, -0.2) is 8.42 Å². The first-order valence-corrected chi connectivity index (χ1v) is 8.97. The van der Waals surface area contributed by atoms with Crippen LogP contribution in [0, 0.1) is 27.7 Å². The van der Waals surface area contributed by atoms with Crippen LogP contribution in [0.1, 0.15) is 22.3 Å². The molecule has 6 heteroatoms. The highest BCUT2D eigenvalue weighted by molar-refractivity contribution is 7.92. The van der Waals surface area contributed by atoms with Crippen molar-refractivity contribution in [3.8, 4) is 5.75 Å². The van der Waals surface area contributed by atoms with Gasteiger partial charge >= 0.3 is 0 Å². The van der Waals surface area contributed by atoms with Crippen molar-refractivity contribution in [2.75, 3.05) is 11.8 Å². The average molecular weight is 354 g/mol. The molecule has 1 N–H and O–H groups in total. The van der Waals surface area contributed by atoms with Crippen molar-refractivity contribution in [3.63, 3.8) is 0 Å². The van der Waals surface area contributed by atoms with Crippen molar-refractivity contribution < 1.29 is 13.2 Å². The molecule has 0 aromatic heterocycles. The van der Waals surface area contributed by atoms with E-state index in [-0.39, 0.29) is 0 Å². The quantitative estimate of drug-likeness (QED) is 0.887. The first-order valence-electron chi connectivity index (χ1n) is 7.11. The molecule has 0 fully saturated rings. The molecule has 0 saturated heterocycles. The van der Waals surface area contributed by atoms with Crippen molar-refractivity contribution in [1.82, 2.24) is 0 Å². The molecule has 0 aliphatic carbocycles. The number of nitrogens with one attached hydrogen (secondary N) is 1. The molecule has 0 aliphatic rings. The molecule has 0 spiro atoms. The van der Waals surface area contributed by atoms with Crippen LogP contribution >= 0.6 is 11.6 Å². The molecular weight excluding hydrogens is 334 g/mol. The Morgan fingerprint density at radius 2 is 1.57 bits per heavy atom. The molecular formula is C17H20ClNO3S. The zero-order valence-corrected chi connectivity index (χ0v) is 15.4. The smallest absolute Gasteiger partial charge is 0.262 e. The van der Waals surface area contributed by atoms with Gasteiger partial charge in [-0.2, -0.15) is 0 Å². The zero-order valence-electron chi connectivity index (χ0n) is 13.8. The Balaban J connectivity index is 2.60. The lowest BCUT2D eigenvalue weighted by Gasteiger charge is -2.18. The topological polar surface area (TPSA) is 55.4 Å². The maximum absolute atomic E-state index is 12.9. The Bertz CT molecular complexity index is 834. The summed E-state index contributed by atoms with van der Waals surface area (Å²) in [6.07, 6.45) is 0. The second-order valence-electron chi connectivity index (χ2n) is 5.54. The van der Waals surface area contributed by atoms with Gasteiger partial charge in [-0.05, 0) is 68.1 Å². The molecule has 23 heavy (non-hydrogen) atoms. The molecule has 2 aromatic carbocycles. The summed E-state index contributed by atoms with van der Waals surface area (Å²) in [4.78, 5) is 0.303. The predicted molar refractivity (Wildman–Crippen MR) is 94.2 cm³/mol. The first-order chi connectivity index (χ1) is 10.7. The minimum Gasteiger partial charge on any atom is -0.495 e. The molecule has 0 radical (unpaired) electrons. The Kier molecular flexibility index (Phi) is 4.92. The lowest BCUT2D eigenvalue weighted by Crippen LogP contribution is -2.17. The Morgan fingerprint density at radius 1 is 1.00 bits per heavy atom. The van der Waals surface area contributed by atoms with E-state index in [0.29, 0.717) is 21.4 Å². The fourth-order valence-electron chi connectivity index (χ4n) is 2.54. The summed E-state index contributed by atoms with van der Waals surface area (Å²) in [5.74, 6) is 0.414. The van der Waals surface area contributed by atoms with Gasteiger partial charge < -0.3 is 4.74 Å². The van der Waals surface area contributed by atoms with E-state index in [1.54, 1.807) is 12.1 Å². The zero-order chi connectivity index (χ0) is 17.4. The van der Waals surface area contributed by atoms with Gasteiger partial charge in [0, 0.05) is 5.02 Å². The molecule has 0 heterocycles. The molecule has 124 valence electrons. The van der Waals surface area contributed by atoms with E-state index in [1.807, 2.05) is 33.8 Å². The van der Waals surface area contributed by atoms with Gasteiger partial charge in [0.1, 0.15) is 5.75 Å². The molecule has 0 atom stereocenters. The molecule has 2 rings (SSSR count). The largest absolute Gasteiger partial charge is 0.495 e. The summed E-state index contributed by atoms with van der Waals surface area (Å²) in [7, 11) is -2.28. The third kappa shape index (κ3) is 3.46. The van der Waals surface area contributed by atoms with Gasteiger partial charge in [-0.1, -0.05) is 17.7 Å². The summed E-state index contributed by atoms with van der Waals surface area (Å²) < 4.78 is 33.6. The number of methoxy groups -OCH3 is 1. The number of anilines is 1. The normalized spacial score (nSPS) is 11.4. The van der Waals surface area contributed by atoms with E-state index in [4.69, 9.17) is 16.3 Å². The van der Waals surface area contributed by atoms with E-state index in [0.717, 1.165) is 22.3 Å². The maximum Gasteiger partial charge on any atom is 0.262 e. The second kappa shape index (κ2) is 6.42. The fourth-order valence-corrected chi connectivity index (χ4v) is 4.39. The minimum atomic E-state index is -3.76. The Hall–Kier alpha value is -1.72. The van der Waals surface area contributed by atoms with Gasteiger partial charge in [-0.3, -0.25) is 4.72 Å². The van der Waals surface area contributed by atoms with Crippen LogP contribution in [0.4, 0.5) is 5.69 Å². The van der Waals surface area contributed by atoms with Crippen molar-refractivity contribution >= 4 is 27.3 Å². The summed E-state index contributed by atoms with van der Waals surface area (Å²) in [6.45, 7) is 7.43. The SMILES string of the molecule is COc1ccc(Cl)cc1NS(=O)(=O)c1c(C)c(C)cc(C)c1C. The highest BCUT2D eigenvalue weighted by atomic mass is 35.5. The summed E-state index contributed by atoms with van der Waals surface area (Å²) in [5.41, 5.74) is 3.67. The van der Waals surface area contributed by atoms with Crippen LogP contribution in [-0.4, -0.2) is 15.5 Å². The monoisotopic (exact) mass is 353 g/mol. The Morgan fingerprint density at radius 3 is 2.09 bits per heavy atom. The standard InChI is InChI=1S/C17H20ClNO3S/c1-10-8-11(2)13(4)17(12(10)3)23(20,21)19-15-9-14(18)6-7-16(15)22-5/h6-9,19H,1-5H3. The van der Waals surface area contributed by atoms with Crippen LogP contribution in [0.25, 0.3) is 0 Å². The van der Waals surface area contributed by atoms with Gasteiger partial charge in [0.25, 0.3) is 10.0 Å². The number of hydrogen-bond acceptors (Lipinski definition) is 3. The maximum atomic E-state index is 12.9.